The molecule has 0 aromatic heterocycles. The number of sulfonamides is 1. The smallest absolute Gasteiger partial charge is 0.304 e. The van der Waals surface area contributed by atoms with Crippen molar-refractivity contribution in [1.29, 1.82) is 0 Å². The minimum Gasteiger partial charge on any atom is -0.481 e. The Morgan fingerprint density at radius 3 is 2.40 bits per heavy atom. The van der Waals surface area contributed by atoms with E-state index in [2.05, 4.69) is 6.58 Å². The lowest BCUT2D eigenvalue weighted by Crippen LogP contribution is -2.33. The molecule has 0 aliphatic carbocycles. The first-order chi connectivity index (χ1) is 9.41. The zero-order chi connectivity index (χ0) is 15.2. The molecule has 0 heterocycles. The first kappa shape index (κ1) is 16.4. The van der Waals surface area contributed by atoms with Crippen LogP contribution in [-0.4, -0.2) is 36.9 Å². The quantitative estimate of drug-likeness (QED) is 0.744. The van der Waals surface area contributed by atoms with E-state index in [0.717, 1.165) is 16.3 Å². The molecule has 1 rings (SSSR count). The second kappa shape index (κ2) is 7.21. The predicted octanol–water partition coefficient (Wildman–Crippen LogP) is 1.90. The average Bonchev–Trinajstić information content (AvgIpc) is 2.43. The highest BCUT2D eigenvalue weighted by Crippen LogP contribution is 2.17. The maximum Gasteiger partial charge on any atom is 0.304 e. The maximum absolute atomic E-state index is 12.4. The van der Waals surface area contributed by atoms with Crippen LogP contribution >= 0.6 is 0 Å². The summed E-state index contributed by atoms with van der Waals surface area (Å²) < 4.78 is 26.0. The summed E-state index contributed by atoms with van der Waals surface area (Å²) >= 11 is 0. The van der Waals surface area contributed by atoms with Crippen LogP contribution < -0.4 is 0 Å². The molecule has 0 amide bonds. The molecule has 110 valence electrons. The Morgan fingerprint density at radius 2 is 1.95 bits per heavy atom. The van der Waals surface area contributed by atoms with Crippen molar-refractivity contribution in [3.8, 4) is 0 Å². The third-order valence-electron chi connectivity index (χ3n) is 2.88. The Morgan fingerprint density at radius 1 is 1.35 bits per heavy atom. The van der Waals surface area contributed by atoms with E-state index < -0.39 is 16.0 Å². The van der Waals surface area contributed by atoms with Crippen LogP contribution in [0.15, 0.2) is 41.8 Å². The third-order valence-corrected chi connectivity index (χ3v) is 4.76. The molecular formula is C14H19NO4S. The van der Waals surface area contributed by atoms with Crippen molar-refractivity contribution in [2.75, 3.05) is 13.1 Å². The lowest BCUT2D eigenvalue weighted by Gasteiger charge is -2.20. The Bertz CT molecular complexity index is 563. The van der Waals surface area contributed by atoms with Crippen LogP contribution in [0.1, 0.15) is 18.9 Å². The van der Waals surface area contributed by atoms with E-state index in [1.165, 1.54) is 6.08 Å². The third kappa shape index (κ3) is 4.18. The molecule has 0 aliphatic heterocycles. The summed E-state index contributed by atoms with van der Waals surface area (Å²) in [4.78, 5) is 10.8. The summed E-state index contributed by atoms with van der Waals surface area (Å²) in [6.45, 7) is 5.51. The maximum atomic E-state index is 12.4. The van der Waals surface area contributed by atoms with Gasteiger partial charge in [-0.2, -0.15) is 4.31 Å². The van der Waals surface area contributed by atoms with Gasteiger partial charge in [0.2, 0.25) is 10.0 Å². The first-order valence-electron chi connectivity index (χ1n) is 6.33. The minimum absolute atomic E-state index is 0.0702. The number of hydrogen-bond donors (Lipinski definition) is 1. The lowest BCUT2D eigenvalue weighted by atomic mass is 10.2. The Labute approximate surface area is 119 Å². The van der Waals surface area contributed by atoms with Crippen LogP contribution in [0.5, 0.6) is 0 Å². The summed E-state index contributed by atoms with van der Waals surface area (Å²) in [5.41, 5.74) is 1.05. The lowest BCUT2D eigenvalue weighted by molar-refractivity contribution is -0.137. The molecule has 20 heavy (non-hydrogen) atoms. The van der Waals surface area contributed by atoms with E-state index in [1.807, 2.05) is 6.92 Å². The van der Waals surface area contributed by atoms with E-state index in [1.54, 1.807) is 24.3 Å². The van der Waals surface area contributed by atoms with Crippen molar-refractivity contribution in [1.82, 2.24) is 4.31 Å². The molecule has 0 radical (unpaired) electrons. The second-order valence-electron chi connectivity index (χ2n) is 4.29. The molecule has 0 bridgehead atoms. The van der Waals surface area contributed by atoms with Gasteiger partial charge in [-0.1, -0.05) is 25.1 Å². The van der Waals surface area contributed by atoms with Crippen molar-refractivity contribution in [2.24, 2.45) is 0 Å². The van der Waals surface area contributed by atoms with Gasteiger partial charge in [-0.3, -0.25) is 4.79 Å². The molecule has 1 N–H and O–H groups in total. The van der Waals surface area contributed by atoms with Gasteiger partial charge in [0.25, 0.3) is 0 Å². The van der Waals surface area contributed by atoms with Gasteiger partial charge in [-0.25, -0.2) is 8.42 Å². The summed E-state index contributed by atoms with van der Waals surface area (Å²) in [6, 6.07) is 6.61. The summed E-state index contributed by atoms with van der Waals surface area (Å²) in [7, 11) is -3.69. The van der Waals surface area contributed by atoms with Gasteiger partial charge < -0.3 is 5.11 Å². The van der Waals surface area contributed by atoms with Gasteiger partial charge in [0.05, 0.1) is 11.3 Å². The fraction of sp³-hybridized carbons (Fsp3) is 0.357. The van der Waals surface area contributed by atoms with Crippen LogP contribution in [-0.2, 0) is 21.2 Å². The highest BCUT2D eigenvalue weighted by atomic mass is 32.2. The molecule has 1 aromatic rings. The predicted molar refractivity (Wildman–Crippen MR) is 77.0 cm³/mol. The Kier molecular flexibility index (Phi) is 5.91. The number of hydrogen-bond acceptors (Lipinski definition) is 3. The molecule has 0 atom stereocenters. The van der Waals surface area contributed by atoms with E-state index in [9.17, 15) is 13.2 Å². The summed E-state index contributed by atoms with van der Waals surface area (Å²) in [5.74, 6) is -1.03. The molecule has 6 heteroatoms. The molecule has 0 unspecified atom stereocenters. The standard InChI is InChI=1S/C14H19NO4S/c1-3-10-15(11-9-14(16)17)20(18,19)13-7-5-12(4-2)6-8-13/h3,5-8H,1,4,9-11H2,2H3,(H,16,17). The number of carboxylic acid groups (broad SMARTS) is 1. The van der Waals surface area contributed by atoms with Gasteiger partial charge in [0.15, 0.2) is 0 Å². The van der Waals surface area contributed by atoms with Gasteiger partial charge in [0.1, 0.15) is 0 Å². The molecule has 1 aromatic carbocycles. The number of carbonyl (C=O) groups is 1. The average molecular weight is 297 g/mol. The molecule has 0 saturated carbocycles. The van der Waals surface area contributed by atoms with Crippen LogP contribution in [0.3, 0.4) is 0 Å². The molecule has 5 nitrogen and oxygen atoms in total. The number of carboxylic acids is 1. The van der Waals surface area contributed by atoms with Crippen molar-refractivity contribution < 1.29 is 18.3 Å². The van der Waals surface area contributed by atoms with E-state index in [-0.39, 0.29) is 24.4 Å². The number of aryl methyl sites for hydroxylation is 1. The van der Waals surface area contributed by atoms with Crippen LogP contribution in [0.25, 0.3) is 0 Å². The topological polar surface area (TPSA) is 74.7 Å². The van der Waals surface area contributed by atoms with E-state index >= 15 is 0 Å². The SMILES string of the molecule is C=CCN(CCC(=O)O)S(=O)(=O)c1ccc(CC)cc1. The Balaban J connectivity index is 3.01. The molecule has 0 aliphatic rings. The fourth-order valence-electron chi connectivity index (χ4n) is 1.72. The monoisotopic (exact) mass is 297 g/mol. The molecular weight excluding hydrogens is 278 g/mol. The number of rotatable bonds is 8. The van der Waals surface area contributed by atoms with E-state index in [0.29, 0.717) is 0 Å². The summed E-state index contributed by atoms with van der Waals surface area (Å²) in [5, 5.41) is 8.69. The zero-order valence-electron chi connectivity index (χ0n) is 11.4. The van der Waals surface area contributed by atoms with Crippen LogP contribution in [0.4, 0.5) is 0 Å². The van der Waals surface area contributed by atoms with Crippen LogP contribution in [0, 0.1) is 0 Å². The zero-order valence-corrected chi connectivity index (χ0v) is 12.3. The van der Waals surface area contributed by atoms with Crippen LogP contribution in [0.2, 0.25) is 0 Å². The van der Waals surface area contributed by atoms with Crippen molar-refractivity contribution in [2.45, 2.75) is 24.7 Å². The number of benzene rings is 1. The second-order valence-corrected chi connectivity index (χ2v) is 6.23. The fourth-order valence-corrected chi connectivity index (χ4v) is 3.13. The van der Waals surface area contributed by atoms with Crippen molar-refractivity contribution in [3.05, 3.63) is 42.5 Å². The number of nitrogens with zero attached hydrogens (tertiary/aromatic N) is 1. The van der Waals surface area contributed by atoms with Gasteiger partial charge in [0, 0.05) is 13.1 Å². The largest absolute Gasteiger partial charge is 0.481 e. The van der Waals surface area contributed by atoms with Gasteiger partial charge in [-0.05, 0) is 24.1 Å². The van der Waals surface area contributed by atoms with Crippen molar-refractivity contribution >= 4 is 16.0 Å². The van der Waals surface area contributed by atoms with E-state index in [4.69, 9.17) is 5.11 Å². The summed E-state index contributed by atoms with van der Waals surface area (Å²) in [6.07, 6.45) is 2.04. The van der Waals surface area contributed by atoms with Gasteiger partial charge >= 0.3 is 5.97 Å². The minimum atomic E-state index is -3.69. The van der Waals surface area contributed by atoms with Crippen molar-refractivity contribution in [3.63, 3.8) is 0 Å². The highest BCUT2D eigenvalue weighted by Gasteiger charge is 2.23. The highest BCUT2D eigenvalue weighted by molar-refractivity contribution is 7.89. The molecule has 0 fully saturated rings. The number of aliphatic carboxylic acids is 1. The van der Waals surface area contributed by atoms with Gasteiger partial charge in [-0.15, -0.1) is 6.58 Å². The molecule has 0 saturated heterocycles. The first-order valence-corrected chi connectivity index (χ1v) is 7.77. The Hall–Kier alpha value is -1.66. The molecule has 0 spiro atoms. The normalized spacial score (nSPS) is 11.5.